The Labute approximate surface area is 237 Å². The van der Waals surface area contributed by atoms with Crippen LogP contribution in [-0.4, -0.2) is 48.2 Å². The largest absolute Gasteiger partial charge is 0.491 e. The quantitative estimate of drug-likeness (QED) is 0.213. The number of hydrogen-bond acceptors (Lipinski definition) is 6. The molecular formula is C27H26I2N4O3. The summed E-state index contributed by atoms with van der Waals surface area (Å²) in [5.74, 6) is 1.71. The van der Waals surface area contributed by atoms with Gasteiger partial charge in [0.15, 0.2) is 0 Å². The molecule has 4 aromatic rings. The Bertz CT molecular complexity index is 1380. The first-order valence-corrected chi connectivity index (χ1v) is 13.5. The molecule has 0 saturated carbocycles. The Kier molecular flexibility index (Phi) is 8.62. The number of hydrogen-bond donors (Lipinski definition) is 1. The lowest BCUT2D eigenvalue weighted by Crippen LogP contribution is -2.20. The van der Waals surface area contributed by atoms with E-state index in [0.717, 1.165) is 47.4 Å². The van der Waals surface area contributed by atoms with Crippen LogP contribution in [0, 0.1) is 21.0 Å². The number of anilines is 1. The predicted octanol–water partition coefficient (Wildman–Crippen LogP) is 6.42. The van der Waals surface area contributed by atoms with Crippen LogP contribution >= 0.6 is 45.2 Å². The molecule has 1 amide bonds. The molecule has 0 radical (unpaired) electrons. The van der Waals surface area contributed by atoms with Gasteiger partial charge in [-0.15, -0.1) is 0 Å². The Morgan fingerprint density at radius 1 is 1.00 bits per heavy atom. The van der Waals surface area contributed by atoms with Gasteiger partial charge in [-0.1, -0.05) is 29.4 Å². The van der Waals surface area contributed by atoms with Crippen molar-refractivity contribution < 1.29 is 14.1 Å². The van der Waals surface area contributed by atoms with Crippen LogP contribution in [0.4, 0.5) is 5.69 Å². The van der Waals surface area contributed by atoms with E-state index < -0.39 is 0 Å². The maximum Gasteiger partial charge on any atom is 0.255 e. The van der Waals surface area contributed by atoms with E-state index >= 15 is 0 Å². The number of likely N-dealkylation sites (N-methyl/N-ethyl adjacent to an activating group) is 1. The average molecular weight is 708 g/mol. The van der Waals surface area contributed by atoms with Crippen LogP contribution in [0.25, 0.3) is 22.5 Å². The highest BCUT2D eigenvalue weighted by Gasteiger charge is 2.14. The zero-order chi connectivity index (χ0) is 25.8. The van der Waals surface area contributed by atoms with Gasteiger partial charge in [-0.2, -0.15) is 4.98 Å². The number of carbonyl (C=O) groups excluding carboxylic acids is 1. The summed E-state index contributed by atoms with van der Waals surface area (Å²) in [5.41, 5.74) is 5.41. The fraction of sp³-hybridized carbons (Fsp3) is 0.222. The van der Waals surface area contributed by atoms with E-state index in [0.29, 0.717) is 23.9 Å². The fourth-order valence-electron chi connectivity index (χ4n) is 3.61. The molecule has 0 unspecified atom stereocenters. The third kappa shape index (κ3) is 6.43. The van der Waals surface area contributed by atoms with E-state index in [1.165, 1.54) is 0 Å². The van der Waals surface area contributed by atoms with Crippen LogP contribution in [0.5, 0.6) is 5.75 Å². The lowest BCUT2D eigenvalue weighted by molar-refractivity contribution is 0.102. The van der Waals surface area contributed by atoms with Gasteiger partial charge in [-0.05, 0) is 107 Å². The van der Waals surface area contributed by atoms with Gasteiger partial charge in [0.05, 0.1) is 9.26 Å². The van der Waals surface area contributed by atoms with E-state index in [1.54, 1.807) is 6.92 Å². The van der Waals surface area contributed by atoms with E-state index in [2.05, 4.69) is 65.5 Å². The molecule has 1 heterocycles. The van der Waals surface area contributed by atoms with Gasteiger partial charge >= 0.3 is 0 Å². The molecule has 186 valence electrons. The first-order chi connectivity index (χ1) is 17.2. The summed E-state index contributed by atoms with van der Waals surface area (Å²) in [6.07, 6.45) is 0. The highest BCUT2D eigenvalue weighted by atomic mass is 127. The van der Waals surface area contributed by atoms with Crippen LogP contribution in [0.2, 0.25) is 0 Å². The van der Waals surface area contributed by atoms with Gasteiger partial charge < -0.3 is 19.5 Å². The third-order valence-electron chi connectivity index (χ3n) is 5.54. The van der Waals surface area contributed by atoms with Crippen molar-refractivity contribution in [1.29, 1.82) is 0 Å². The number of nitrogens with one attached hydrogen (secondary N) is 1. The molecule has 9 heteroatoms. The van der Waals surface area contributed by atoms with Crippen molar-refractivity contribution in [3.8, 4) is 28.3 Å². The SMILES string of the molecule is Cc1nc(-c2ccc(-c3ccc(C(=O)Nc4cc(OCCN(C)C)c(I)cc4I)cc3)c(C)c2)no1. The molecule has 1 N–H and O–H groups in total. The minimum absolute atomic E-state index is 0.167. The molecule has 0 atom stereocenters. The summed E-state index contributed by atoms with van der Waals surface area (Å²) >= 11 is 4.49. The number of benzene rings is 3. The Balaban J connectivity index is 1.48. The van der Waals surface area contributed by atoms with Crippen LogP contribution < -0.4 is 10.1 Å². The minimum atomic E-state index is -0.167. The molecule has 0 fully saturated rings. The first kappa shape index (κ1) is 26.6. The van der Waals surface area contributed by atoms with Crippen LogP contribution in [0.3, 0.4) is 0 Å². The monoisotopic (exact) mass is 708 g/mol. The predicted molar refractivity (Wildman–Crippen MR) is 159 cm³/mol. The normalized spacial score (nSPS) is 11.1. The number of aryl methyl sites for hydroxylation is 2. The van der Waals surface area contributed by atoms with Crippen molar-refractivity contribution in [2.45, 2.75) is 13.8 Å². The molecular weight excluding hydrogens is 682 g/mol. The Hall–Kier alpha value is -2.51. The molecule has 0 aliphatic carbocycles. The van der Waals surface area contributed by atoms with Crippen molar-refractivity contribution >= 4 is 56.8 Å². The summed E-state index contributed by atoms with van der Waals surface area (Å²) in [4.78, 5) is 19.4. The van der Waals surface area contributed by atoms with Gasteiger partial charge in [0.1, 0.15) is 12.4 Å². The lowest BCUT2D eigenvalue weighted by atomic mass is 9.97. The maximum absolute atomic E-state index is 13.0. The summed E-state index contributed by atoms with van der Waals surface area (Å²) < 4.78 is 13.0. The van der Waals surface area contributed by atoms with Gasteiger partial charge in [-0.25, -0.2) is 0 Å². The van der Waals surface area contributed by atoms with Crippen molar-refractivity contribution in [3.63, 3.8) is 0 Å². The number of aromatic nitrogens is 2. The zero-order valence-corrected chi connectivity index (χ0v) is 24.7. The average Bonchev–Trinajstić information content (AvgIpc) is 3.28. The summed E-state index contributed by atoms with van der Waals surface area (Å²) in [6, 6.07) is 17.6. The van der Waals surface area contributed by atoms with Gasteiger partial charge in [0, 0.05) is 34.2 Å². The maximum atomic E-state index is 13.0. The molecule has 3 aromatic carbocycles. The van der Waals surface area contributed by atoms with Crippen LogP contribution in [0.1, 0.15) is 21.8 Å². The number of amides is 1. The molecule has 0 bridgehead atoms. The molecule has 0 spiro atoms. The smallest absolute Gasteiger partial charge is 0.255 e. The number of nitrogens with zero attached hydrogens (tertiary/aromatic N) is 3. The van der Waals surface area contributed by atoms with Crippen LogP contribution in [-0.2, 0) is 0 Å². The van der Waals surface area contributed by atoms with Crippen molar-refractivity contribution in [1.82, 2.24) is 15.0 Å². The topological polar surface area (TPSA) is 80.5 Å². The molecule has 36 heavy (non-hydrogen) atoms. The second-order valence-corrected chi connectivity index (χ2v) is 10.9. The number of ether oxygens (including phenoxy) is 1. The number of rotatable bonds is 8. The number of carbonyl (C=O) groups is 1. The van der Waals surface area contributed by atoms with E-state index in [1.807, 2.05) is 75.6 Å². The summed E-state index contributed by atoms with van der Waals surface area (Å²) in [6.45, 7) is 5.21. The number of halogens is 2. The molecule has 7 nitrogen and oxygen atoms in total. The second kappa shape index (κ2) is 11.7. The minimum Gasteiger partial charge on any atom is -0.491 e. The van der Waals surface area contributed by atoms with Gasteiger partial charge in [-0.3, -0.25) is 4.79 Å². The first-order valence-electron chi connectivity index (χ1n) is 11.3. The summed E-state index contributed by atoms with van der Waals surface area (Å²) in [7, 11) is 4.01. The molecule has 0 saturated heterocycles. The standard InChI is InChI=1S/C27H26I2N4O3/c1-16-13-20(26-30-17(2)36-32-26)9-10-21(16)18-5-7-19(8-6-18)27(34)31-24-15-25(23(29)14-22(24)28)35-12-11-33(3)4/h5-10,13-15H,11-12H2,1-4H3,(H,31,34). The van der Waals surface area contributed by atoms with Gasteiger partial charge in [0.2, 0.25) is 11.7 Å². The van der Waals surface area contributed by atoms with Crippen molar-refractivity contribution in [2.75, 3.05) is 32.6 Å². The fourth-order valence-corrected chi connectivity index (χ4v) is 5.43. The van der Waals surface area contributed by atoms with Gasteiger partial charge in [0.25, 0.3) is 5.91 Å². The summed E-state index contributed by atoms with van der Waals surface area (Å²) in [5, 5.41) is 7.02. The third-order valence-corrected chi connectivity index (χ3v) is 7.27. The van der Waals surface area contributed by atoms with E-state index in [4.69, 9.17) is 9.26 Å². The van der Waals surface area contributed by atoms with E-state index in [-0.39, 0.29) is 5.91 Å². The van der Waals surface area contributed by atoms with Crippen molar-refractivity contribution in [2.24, 2.45) is 0 Å². The highest BCUT2D eigenvalue weighted by Crippen LogP contribution is 2.31. The molecule has 1 aromatic heterocycles. The lowest BCUT2D eigenvalue weighted by Gasteiger charge is -2.15. The van der Waals surface area contributed by atoms with E-state index in [9.17, 15) is 4.79 Å². The van der Waals surface area contributed by atoms with Crippen molar-refractivity contribution in [3.05, 3.63) is 78.8 Å². The Morgan fingerprint density at radius 3 is 2.36 bits per heavy atom. The highest BCUT2D eigenvalue weighted by molar-refractivity contribution is 14.1. The second-order valence-electron chi connectivity index (χ2n) is 8.61. The Morgan fingerprint density at radius 2 is 1.72 bits per heavy atom. The molecule has 4 rings (SSSR count). The van der Waals surface area contributed by atoms with Crippen LogP contribution in [0.15, 0.2) is 59.1 Å². The zero-order valence-electron chi connectivity index (χ0n) is 20.4. The molecule has 0 aliphatic rings. The molecule has 0 aliphatic heterocycles.